The van der Waals surface area contributed by atoms with Crippen LogP contribution in [0.2, 0.25) is 5.02 Å². The number of thiophene rings is 1. The Morgan fingerprint density at radius 2 is 2.09 bits per heavy atom. The van der Waals surface area contributed by atoms with E-state index in [2.05, 4.69) is 22.0 Å². The number of aromatic nitrogens is 4. The van der Waals surface area contributed by atoms with Gasteiger partial charge in [0.1, 0.15) is 0 Å². The Morgan fingerprint density at radius 1 is 1.18 bits per heavy atom. The van der Waals surface area contributed by atoms with Gasteiger partial charge in [0.15, 0.2) is 11.4 Å². The van der Waals surface area contributed by atoms with Crippen LogP contribution < -0.4 is 4.90 Å². The number of rotatable bonds is 3. The van der Waals surface area contributed by atoms with Crippen molar-refractivity contribution in [3.63, 3.8) is 0 Å². The normalized spacial score (nSPS) is 16.7. The molecule has 0 N–H and O–H groups in total. The van der Waals surface area contributed by atoms with E-state index in [1.165, 1.54) is 11.3 Å². The van der Waals surface area contributed by atoms with Crippen molar-refractivity contribution in [3.05, 3.63) is 64.0 Å². The van der Waals surface area contributed by atoms with E-state index < -0.39 is 0 Å². The van der Waals surface area contributed by atoms with Crippen molar-refractivity contribution in [2.24, 2.45) is 0 Å². The van der Waals surface area contributed by atoms with E-state index in [0.29, 0.717) is 47.8 Å². The quantitative estimate of drug-likeness (QED) is 0.377. The molecule has 5 heterocycles. The van der Waals surface area contributed by atoms with Crippen LogP contribution in [0.5, 0.6) is 0 Å². The molecule has 10 heteroatoms. The number of halogens is 1. The molecule has 33 heavy (non-hydrogen) atoms. The topological polar surface area (TPSA) is 79.8 Å². The number of carbonyl (C=O) groups is 1. The lowest BCUT2D eigenvalue weighted by molar-refractivity contribution is 0.0678. The van der Waals surface area contributed by atoms with Crippen LogP contribution in [-0.2, 0) is 0 Å². The van der Waals surface area contributed by atoms with E-state index in [1.54, 1.807) is 6.26 Å². The molecule has 1 atom stereocenters. The SMILES string of the molecule is CC1CN(c2nc3cc(Cl)ccc3c3nnc(-c4ccco4)n23)CCN1C(=O)c1cccs1. The van der Waals surface area contributed by atoms with Crippen LogP contribution in [0, 0.1) is 0 Å². The number of nitrogens with zero attached hydrogens (tertiary/aromatic N) is 6. The second kappa shape index (κ2) is 7.86. The number of amides is 1. The number of benzene rings is 1. The Balaban J connectivity index is 1.45. The minimum absolute atomic E-state index is 0.00352. The summed E-state index contributed by atoms with van der Waals surface area (Å²) in [5.74, 6) is 1.96. The molecule has 1 aliphatic rings. The first-order chi connectivity index (χ1) is 16.1. The van der Waals surface area contributed by atoms with Crippen LogP contribution in [0.4, 0.5) is 5.95 Å². The largest absolute Gasteiger partial charge is 0.461 e. The third-order valence-electron chi connectivity index (χ3n) is 5.93. The molecule has 1 amide bonds. The van der Waals surface area contributed by atoms with Gasteiger partial charge in [-0.1, -0.05) is 17.7 Å². The highest BCUT2D eigenvalue weighted by molar-refractivity contribution is 7.12. The molecule has 1 saturated heterocycles. The average Bonchev–Trinajstić information content (AvgIpc) is 3.59. The van der Waals surface area contributed by atoms with Crippen molar-refractivity contribution in [2.75, 3.05) is 24.5 Å². The number of piperazine rings is 1. The van der Waals surface area contributed by atoms with E-state index in [0.717, 1.165) is 15.8 Å². The Bertz CT molecular complexity index is 1460. The van der Waals surface area contributed by atoms with Crippen LogP contribution in [-0.4, -0.2) is 56.1 Å². The molecular formula is C23H19ClN6O2S. The number of furan rings is 1. The summed E-state index contributed by atoms with van der Waals surface area (Å²) in [5.41, 5.74) is 1.43. The Labute approximate surface area is 198 Å². The summed E-state index contributed by atoms with van der Waals surface area (Å²) in [6, 6.07) is 13.0. The second-order valence-electron chi connectivity index (χ2n) is 8.00. The van der Waals surface area contributed by atoms with Gasteiger partial charge in [-0.25, -0.2) is 9.38 Å². The fraction of sp³-hybridized carbons (Fsp3) is 0.217. The average molecular weight is 479 g/mol. The molecule has 1 aliphatic heterocycles. The van der Waals surface area contributed by atoms with Crippen LogP contribution in [0.1, 0.15) is 16.6 Å². The smallest absolute Gasteiger partial charge is 0.264 e. The van der Waals surface area contributed by atoms with Gasteiger partial charge >= 0.3 is 0 Å². The van der Waals surface area contributed by atoms with Gasteiger partial charge < -0.3 is 14.2 Å². The third-order valence-corrected chi connectivity index (χ3v) is 7.02. The first-order valence-electron chi connectivity index (χ1n) is 10.6. The summed E-state index contributed by atoms with van der Waals surface area (Å²) in [6.45, 7) is 3.91. The number of anilines is 1. The number of fused-ring (bicyclic) bond motifs is 3. The summed E-state index contributed by atoms with van der Waals surface area (Å²) in [5, 5.41) is 12.3. The first-order valence-corrected chi connectivity index (χ1v) is 11.8. The van der Waals surface area contributed by atoms with E-state index in [-0.39, 0.29) is 11.9 Å². The van der Waals surface area contributed by atoms with E-state index in [1.807, 2.05) is 57.1 Å². The summed E-state index contributed by atoms with van der Waals surface area (Å²) in [7, 11) is 0. The summed E-state index contributed by atoms with van der Waals surface area (Å²) in [6.07, 6.45) is 1.61. The fourth-order valence-electron chi connectivity index (χ4n) is 4.35. The minimum atomic E-state index is 0.00352. The van der Waals surface area contributed by atoms with E-state index >= 15 is 0 Å². The van der Waals surface area contributed by atoms with Gasteiger partial charge in [0.25, 0.3) is 5.91 Å². The summed E-state index contributed by atoms with van der Waals surface area (Å²) >= 11 is 7.74. The van der Waals surface area contributed by atoms with Crippen molar-refractivity contribution in [1.82, 2.24) is 24.5 Å². The molecular weight excluding hydrogens is 460 g/mol. The lowest BCUT2D eigenvalue weighted by Crippen LogP contribution is -2.54. The van der Waals surface area contributed by atoms with Gasteiger partial charge in [0.2, 0.25) is 11.8 Å². The van der Waals surface area contributed by atoms with Crippen molar-refractivity contribution in [2.45, 2.75) is 13.0 Å². The predicted molar refractivity (Wildman–Crippen MR) is 128 cm³/mol. The van der Waals surface area contributed by atoms with E-state index in [9.17, 15) is 4.79 Å². The van der Waals surface area contributed by atoms with Crippen molar-refractivity contribution >= 4 is 51.3 Å². The standard InChI is InChI=1S/C23H19ClN6O2S/c1-14-13-28(8-9-29(14)22(31)19-5-3-11-33-19)23-25-17-12-15(24)6-7-16(17)20-26-27-21(30(20)23)18-4-2-10-32-18/h2-7,10-12,14H,8-9,13H2,1H3. The lowest BCUT2D eigenvalue weighted by Gasteiger charge is -2.40. The molecule has 1 aromatic carbocycles. The maximum absolute atomic E-state index is 13.0. The third kappa shape index (κ3) is 3.35. The zero-order chi connectivity index (χ0) is 22.5. The highest BCUT2D eigenvalue weighted by Crippen LogP contribution is 2.31. The van der Waals surface area contributed by atoms with Crippen LogP contribution in [0.3, 0.4) is 0 Å². The molecule has 0 aliphatic carbocycles. The molecule has 5 aromatic rings. The zero-order valence-electron chi connectivity index (χ0n) is 17.7. The van der Waals surface area contributed by atoms with Crippen molar-refractivity contribution < 1.29 is 9.21 Å². The molecule has 166 valence electrons. The molecule has 4 aromatic heterocycles. The van der Waals surface area contributed by atoms with Gasteiger partial charge in [0, 0.05) is 36.1 Å². The van der Waals surface area contributed by atoms with Gasteiger partial charge in [-0.3, -0.25) is 4.79 Å². The van der Waals surface area contributed by atoms with Gasteiger partial charge in [-0.15, -0.1) is 21.5 Å². The molecule has 1 unspecified atom stereocenters. The summed E-state index contributed by atoms with van der Waals surface area (Å²) < 4.78 is 7.56. The fourth-order valence-corrected chi connectivity index (χ4v) is 5.20. The van der Waals surface area contributed by atoms with Gasteiger partial charge in [-0.05, 0) is 48.7 Å². The molecule has 0 saturated carbocycles. The van der Waals surface area contributed by atoms with Crippen LogP contribution in [0.15, 0.2) is 58.5 Å². The predicted octanol–water partition coefficient (Wildman–Crippen LogP) is 4.60. The highest BCUT2D eigenvalue weighted by Gasteiger charge is 2.31. The number of carbonyl (C=O) groups excluding carboxylic acids is 1. The molecule has 0 radical (unpaired) electrons. The zero-order valence-corrected chi connectivity index (χ0v) is 19.3. The van der Waals surface area contributed by atoms with Crippen molar-refractivity contribution in [3.8, 4) is 11.6 Å². The van der Waals surface area contributed by atoms with Crippen LogP contribution in [0.25, 0.3) is 28.1 Å². The molecule has 6 rings (SSSR count). The molecule has 8 nitrogen and oxygen atoms in total. The maximum Gasteiger partial charge on any atom is 0.264 e. The lowest BCUT2D eigenvalue weighted by atomic mass is 10.2. The highest BCUT2D eigenvalue weighted by atomic mass is 35.5. The van der Waals surface area contributed by atoms with Gasteiger partial charge in [-0.2, -0.15) is 0 Å². The second-order valence-corrected chi connectivity index (χ2v) is 9.39. The Hall–Kier alpha value is -3.43. The van der Waals surface area contributed by atoms with Gasteiger partial charge in [0.05, 0.1) is 16.7 Å². The first kappa shape index (κ1) is 20.2. The Kier molecular flexibility index (Phi) is 4.81. The van der Waals surface area contributed by atoms with Crippen molar-refractivity contribution in [1.29, 1.82) is 0 Å². The molecule has 1 fully saturated rings. The number of hydrogen-bond acceptors (Lipinski definition) is 7. The number of hydrogen-bond donors (Lipinski definition) is 0. The summed E-state index contributed by atoms with van der Waals surface area (Å²) in [4.78, 5) is 22.8. The molecule has 0 bridgehead atoms. The minimum Gasteiger partial charge on any atom is -0.461 e. The maximum atomic E-state index is 13.0. The van der Waals surface area contributed by atoms with E-state index in [4.69, 9.17) is 21.0 Å². The monoisotopic (exact) mass is 478 g/mol. The Morgan fingerprint density at radius 3 is 2.85 bits per heavy atom. The molecule has 0 spiro atoms. The van der Waals surface area contributed by atoms with Crippen LogP contribution >= 0.6 is 22.9 Å².